The Bertz CT molecular complexity index is 445. The molecule has 0 saturated carbocycles. The fraction of sp³-hybridized carbons (Fsp3) is 0.852. The molecule has 0 aliphatic heterocycles. The fourth-order valence-corrected chi connectivity index (χ4v) is 3.78. The molecule has 1 N–H and O–H groups in total. The molecule has 0 aliphatic carbocycles. The lowest BCUT2D eigenvalue weighted by molar-refractivity contribution is -0.151. The van der Waals surface area contributed by atoms with Crippen LogP contribution in [-0.4, -0.2) is 23.7 Å². The van der Waals surface area contributed by atoms with Gasteiger partial charge in [0.1, 0.15) is 0 Å². The molecule has 4 nitrogen and oxygen atoms in total. The number of carbonyl (C=O) groups is 2. The molecule has 1 atom stereocenters. The van der Waals surface area contributed by atoms with Gasteiger partial charge in [0.25, 0.3) is 0 Å². The number of allylic oxidation sites excluding steroid dienone is 2. The number of carbonyl (C=O) groups excluding carboxylic acids is 1. The van der Waals surface area contributed by atoms with Gasteiger partial charge in [0.15, 0.2) is 0 Å². The van der Waals surface area contributed by atoms with Crippen molar-refractivity contribution in [2.45, 2.75) is 136 Å². The van der Waals surface area contributed by atoms with Crippen LogP contribution < -0.4 is 0 Å². The summed E-state index contributed by atoms with van der Waals surface area (Å²) in [6.07, 6.45) is 26.4. The quantitative estimate of drug-likeness (QED) is 0.0991. The van der Waals surface area contributed by atoms with Gasteiger partial charge in [-0.3, -0.25) is 9.59 Å². The molecule has 4 heteroatoms. The van der Waals surface area contributed by atoms with E-state index in [9.17, 15) is 14.7 Å². The first-order valence-corrected chi connectivity index (χ1v) is 13.1. The third-order valence-corrected chi connectivity index (χ3v) is 5.80. The number of unbranched alkanes of at least 4 members (excludes halogenated alkanes) is 14. The third-order valence-electron chi connectivity index (χ3n) is 5.80. The van der Waals surface area contributed by atoms with Crippen molar-refractivity contribution < 1.29 is 19.4 Å². The smallest absolute Gasteiger partial charge is 0.307 e. The Hall–Kier alpha value is -1.32. The van der Waals surface area contributed by atoms with Gasteiger partial charge in [-0.1, -0.05) is 109 Å². The monoisotopic (exact) mass is 438 g/mol. The summed E-state index contributed by atoms with van der Waals surface area (Å²) in [5, 5.41) is 9.26. The Morgan fingerprint density at radius 3 is 1.68 bits per heavy atom. The highest BCUT2D eigenvalue weighted by molar-refractivity contribution is 5.78. The summed E-state index contributed by atoms with van der Waals surface area (Å²) in [5.74, 6) is -1.95. The highest BCUT2D eigenvalue weighted by Crippen LogP contribution is 2.15. The molecule has 0 amide bonds. The molecule has 0 aromatic heterocycles. The zero-order valence-electron chi connectivity index (χ0n) is 20.5. The molecular formula is C27H50O4. The Kier molecular flexibility index (Phi) is 22.4. The van der Waals surface area contributed by atoms with E-state index in [1.807, 2.05) is 6.92 Å². The number of hydrogen-bond acceptors (Lipinski definition) is 3. The van der Waals surface area contributed by atoms with Crippen LogP contribution in [0, 0.1) is 5.92 Å². The van der Waals surface area contributed by atoms with Crippen molar-refractivity contribution in [3.05, 3.63) is 12.2 Å². The lowest BCUT2D eigenvalue weighted by atomic mass is 9.99. The molecule has 0 aromatic carbocycles. The second kappa shape index (κ2) is 23.3. The van der Waals surface area contributed by atoms with Gasteiger partial charge in [0.05, 0.1) is 18.9 Å². The van der Waals surface area contributed by atoms with Gasteiger partial charge >= 0.3 is 11.9 Å². The summed E-state index contributed by atoms with van der Waals surface area (Å²) < 4.78 is 4.99. The largest absolute Gasteiger partial charge is 0.481 e. The van der Waals surface area contributed by atoms with Gasteiger partial charge in [-0.2, -0.15) is 0 Å². The van der Waals surface area contributed by atoms with Crippen LogP contribution in [0.2, 0.25) is 0 Å². The predicted octanol–water partition coefficient (Wildman–Crippen LogP) is 8.24. The molecule has 0 saturated heterocycles. The van der Waals surface area contributed by atoms with E-state index in [1.165, 1.54) is 89.9 Å². The Morgan fingerprint density at radius 1 is 0.710 bits per heavy atom. The van der Waals surface area contributed by atoms with Crippen molar-refractivity contribution in [2.24, 2.45) is 5.92 Å². The average molecular weight is 439 g/mol. The van der Waals surface area contributed by atoms with E-state index in [-0.39, 0.29) is 6.42 Å². The van der Waals surface area contributed by atoms with E-state index in [4.69, 9.17) is 4.74 Å². The van der Waals surface area contributed by atoms with Crippen molar-refractivity contribution in [1.82, 2.24) is 0 Å². The van der Waals surface area contributed by atoms with Gasteiger partial charge in [-0.15, -0.1) is 0 Å². The molecule has 182 valence electrons. The number of carboxylic acids is 1. The fourth-order valence-electron chi connectivity index (χ4n) is 3.78. The lowest BCUT2D eigenvalue weighted by Gasteiger charge is -2.10. The van der Waals surface area contributed by atoms with Crippen molar-refractivity contribution in [2.75, 3.05) is 6.61 Å². The van der Waals surface area contributed by atoms with Crippen LogP contribution in [0.4, 0.5) is 0 Å². The Labute approximate surface area is 192 Å². The van der Waals surface area contributed by atoms with Crippen LogP contribution in [0.3, 0.4) is 0 Å². The topological polar surface area (TPSA) is 63.6 Å². The summed E-state index contributed by atoms with van der Waals surface area (Å²) >= 11 is 0. The highest BCUT2D eigenvalue weighted by Gasteiger charge is 2.21. The first kappa shape index (κ1) is 29.7. The molecule has 0 bridgehead atoms. The van der Waals surface area contributed by atoms with E-state index < -0.39 is 17.9 Å². The minimum atomic E-state index is -0.908. The van der Waals surface area contributed by atoms with E-state index in [2.05, 4.69) is 19.1 Å². The summed E-state index contributed by atoms with van der Waals surface area (Å²) in [6.45, 7) is 4.56. The van der Waals surface area contributed by atoms with Gasteiger partial charge < -0.3 is 9.84 Å². The maximum absolute atomic E-state index is 11.6. The molecule has 0 rings (SSSR count). The summed E-state index contributed by atoms with van der Waals surface area (Å²) in [7, 11) is 0. The first-order chi connectivity index (χ1) is 15.1. The first-order valence-electron chi connectivity index (χ1n) is 13.1. The highest BCUT2D eigenvalue weighted by atomic mass is 16.5. The maximum atomic E-state index is 11.6. The van der Waals surface area contributed by atoms with Gasteiger partial charge in [-0.25, -0.2) is 0 Å². The number of rotatable bonds is 23. The Morgan fingerprint density at radius 2 is 1.19 bits per heavy atom. The van der Waals surface area contributed by atoms with Crippen molar-refractivity contribution >= 4 is 11.9 Å². The number of esters is 1. The number of carboxylic acid groups (broad SMARTS) is 1. The molecule has 0 aliphatic rings. The normalized spacial score (nSPS) is 12.3. The zero-order chi connectivity index (χ0) is 23.0. The van der Waals surface area contributed by atoms with Crippen molar-refractivity contribution in [3.63, 3.8) is 0 Å². The van der Waals surface area contributed by atoms with E-state index in [1.54, 1.807) is 0 Å². The number of aliphatic carboxylic acids is 1. The van der Waals surface area contributed by atoms with Crippen LogP contribution in [0.1, 0.15) is 136 Å². The minimum Gasteiger partial charge on any atom is -0.481 e. The second-order valence-corrected chi connectivity index (χ2v) is 8.89. The van der Waals surface area contributed by atoms with Gasteiger partial charge in [0.2, 0.25) is 0 Å². The van der Waals surface area contributed by atoms with Crippen LogP contribution >= 0.6 is 0 Å². The standard InChI is InChI=1S/C27H50O4/c1-3-5-6-7-8-9-10-11-12-13-14-15-16-17-18-19-20-21-22-25(27(29)30)24-26(28)31-23-4-2/h19-20,25H,3-18,21-24H2,1-2H3,(H,29,30)/b20-19+. The van der Waals surface area contributed by atoms with E-state index >= 15 is 0 Å². The minimum absolute atomic E-state index is 0.0257. The maximum Gasteiger partial charge on any atom is 0.307 e. The molecule has 0 radical (unpaired) electrons. The van der Waals surface area contributed by atoms with Gasteiger partial charge in [0, 0.05) is 0 Å². The number of hydrogen-bond donors (Lipinski definition) is 1. The van der Waals surface area contributed by atoms with Crippen LogP contribution in [0.15, 0.2) is 12.2 Å². The lowest BCUT2D eigenvalue weighted by Crippen LogP contribution is -2.19. The van der Waals surface area contributed by atoms with E-state index in [0.717, 1.165) is 12.8 Å². The summed E-state index contributed by atoms with van der Waals surface area (Å²) in [4.78, 5) is 22.9. The number of ether oxygens (including phenoxy) is 1. The molecule has 0 fully saturated rings. The average Bonchev–Trinajstić information content (AvgIpc) is 2.75. The summed E-state index contributed by atoms with van der Waals surface area (Å²) in [5.41, 5.74) is 0. The van der Waals surface area contributed by atoms with Crippen molar-refractivity contribution in [3.8, 4) is 0 Å². The molecule has 0 aromatic rings. The molecule has 1 unspecified atom stereocenters. The molecule has 31 heavy (non-hydrogen) atoms. The van der Waals surface area contributed by atoms with Crippen LogP contribution in [-0.2, 0) is 14.3 Å². The van der Waals surface area contributed by atoms with Gasteiger partial charge in [-0.05, 0) is 32.1 Å². The molecule has 0 heterocycles. The SMILES string of the molecule is CCCCCCCCCCCCCCCC/C=C/CCC(CC(=O)OCCC)C(=O)O. The summed E-state index contributed by atoms with van der Waals surface area (Å²) in [6, 6.07) is 0. The predicted molar refractivity (Wildman–Crippen MR) is 130 cm³/mol. The van der Waals surface area contributed by atoms with Crippen LogP contribution in [0.5, 0.6) is 0 Å². The Balaban J connectivity index is 3.48. The molecular weight excluding hydrogens is 388 g/mol. The zero-order valence-corrected chi connectivity index (χ0v) is 20.5. The molecule has 0 spiro atoms. The third kappa shape index (κ3) is 21.7. The second-order valence-electron chi connectivity index (χ2n) is 8.89. The van der Waals surface area contributed by atoms with E-state index in [0.29, 0.717) is 19.4 Å². The van der Waals surface area contributed by atoms with Crippen LogP contribution in [0.25, 0.3) is 0 Å². The van der Waals surface area contributed by atoms with Crippen molar-refractivity contribution in [1.29, 1.82) is 0 Å².